The third-order valence-corrected chi connectivity index (χ3v) is 15.5. The molecular formula is C51H67ClN5O13S-. The second-order valence-corrected chi connectivity index (χ2v) is 21.4. The number of amides is 3. The monoisotopic (exact) mass is 1020 g/mol. The SMILES string of the molecule is CCN(C)Cc1cc2ccccc2n1CCC(=O)CC(CS(=O)(=O)[O-])C(=O)N(C)[C@@H](C)C(=O)O[C@H]1CC(=O)N(C)c2cc(cc(C)c2Cl)C/C(C)=C/C=C/[C@@H](OC)[C@]2(O)C[C@H](OC(=O)N2)[C@@H](C)C2O[C@]21C. The first-order chi connectivity index (χ1) is 33.3. The van der Waals surface area contributed by atoms with Crippen LogP contribution in [0.15, 0.2) is 66.3 Å². The second kappa shape index (κ2) is 22.3. The van der Waals surface area contributed by atoms with Gasteiger partial charge in [-0.15, -0.1) is 0 Å². The molecule has 6 rings (SSSR count). The molecule has 388 valence electrons. The fourth-order valence-corrected chi connectivity index (χ4v) is 10.6. The van der Waals surface area contributed by atoms with Crippen LogP contribution >= 0.6 is 11.6 Å². The summed E-state index contributed by atoms with van der Waals surface area (Å²) < 4.78 is 62.4. The molecule has 0 spiro atoms. The smallest absolute Gasteiger partial charge is 0.409 e. The van der Waals surface area contributed by atoms with Crippen molar-refractivity contribution < 1.29 is 61.0 Å². The molecule has 3 aromatic rings. The average molecular weight is 1030 g/mol. The van der Waals surface area contributed by atoms with Crippen LogP contribution < -0.4 is 10.2 Å². The van der Waals surface area contributed by atoms with Gasteiger partial charge in [-0.05, 0) is 82.4 Å². The number of anilines is 1. The number of allylic oxidation sites excluding steroid dienone is 3. The Balaban J connectivity index is 1.25. The molecule has 3 aliphatic heterocycles. The first-order valence-electron chi connectivity index (χ1n) is 23.8. The summed E-state index contributed by atoms with van der Waals surface area (Å²) in [6.07, 6.45) is -0.576. The number of nitrogens with one attached hydrogen (secondary N) is 1. The van der Waals surface area contributed by atoms with Crippen molar-refractivity contribution >= 4 is 68.0 Å². The molecule has 1 aromatic heterocycles. The van der Waals surface area contributed by atoms with Gasteiger partial charge in [-0.3, -0.25) is 19.7 Å². The summed E-state index contributed by atoms with van der Waals surface area (Å²) in [5.74, 6) is -6.39. The number of epoxide rings is 1. The van der Waals surface area contributed by atoms with Crippen molar-refractivity contribution in [1.82, 2.24) is 19.7 Å². The van der Waals surface area contributed by atoms with Gasteiger partial charge in [0, 0.05) is 70.7 Å². The van der Waals surface area contributed by atoms with E-state index in [0.29, 0.717) is 29.2 Å². The van der Waals surface area contributed by atoms with E-state index in [4.69, 9.17) is 30.5 Å². The summed E-state index contributed by atoms with van der Waals surface area (Å²) in [5, 5.41) is 15.7. The molecule has 20 heteroatoms. The van der Waals surface area contributed by atoms with E-state index in [1.807, 2.05) is 74.9 Å². The van der Waals surface area contributed by atoms with Gasteiger partial charge in [-0.25, -0.2) is 18.0 Å². The number of aryl methyl sites for hydroxylation is 2. The van der Waals surface area contributed by atoms with Gasteiger partial charge in [-0.1, -0.05) is 73.5 Å². The predicted molar refractivity (Wildman–Crippen MR) is 265 cm³/mol. The number of ketones is 1. The van der Waals surface area contributed by atoms with Crippen molar-refractivity contribution in [2.24, 2.45) is 11.8 Å². The third kappa shape index (κ3) is 12.9. The lowest BCUT2D eigenvalue weighted by atomic mass is 9.83. The maximum absolute atomic E-state index is 14.4. The maximum Gasteiger partial charge on any atom is 0.409 e. The van der Waals surface area contributed by atoms with Crippen molar-refractivity contribution in [2.45, 2.75) is 129 Å². The van der Waals surface area contributed by atoms with E-state index in [-0.39, 0.29) is 19.4 Å². The Morgan fingerprint density at radius 1 is 1.13 bits per heavy atom. The molecule has 2 fully saturated rings. The number of ether oxygens (including phenoxy) is 4. The number of rotatable bonds is 15. The lowest BCUT2D eigenvalue weighted by molar-refractivity contribution is -0.162. The molecule has 2 unspecified atom stereocenters. The van der Waals surface area contributed by atoms with E-state index in [0.717, 1.165) is 39.2 Å². The minimum absolute atomic E-state index is 0.0700. The number of benzene rings is 2. The number of likely N-dealkylation sites (N-methyl/N-ethyl adjacent to an activating group) is 1. The van der Waals surface area contributed by atoms with E-state index >= 15 is 0 Å². The quantitative estimate of drug-likeness (QED) is 0.110. The van der Waals surface area contributed by atoms with Crippen LogP contribution in [0.1, 0.15) is 77.1 Å². The summed E-state index contributed by atoms with van der Waals surface area (Å²) in [4.78, 5) is 73.9. The molecule has 0 radical (unpaired) electrons. The molecule has 2 N–H and O–H groups in total. The number of hydrogen-bond donors (Lipinski definition) is 2. The number of alkyl carbamates (subject to hydrolysis) is 1. The van der Waals surface area contributed by atoms with Crippen LogP contribution in [0.4, 0.5) is 10.5 Å². The highest BCUT2D eigenvalue weighted by Gasteiger charge is 2.64. The molecule has 9 atom stereocenters. The van der Waals surface area contributed by atoms with Gasteiger partial charge in [0.1, 0.15) is 35.7 Å². The number of aromatic nitrogens is 1. The number of hydrogen-bond acceptors (Lipinski definition) is 14. The molecule has 3 aliphatic rings. The Labute approximate surface area is 421 Å². The van der Waals surface area contributed by atoms with E-state index in [1.54, 1.807) is 39.1 Å². The van der Waals surface area contributed by atoms with Gasteiger partial charge in [0.15, 0.2) is 5.72 Å². The van der Waals surface area contributed by atoms with Crippen LogP contribution in [0.5, 0.6) is 0 Å². The summed E-state index contributed by atoms with van der Waals surface area (Å²) >= 11 is 6.82. The van der Waals surface area contributed by atoms with Crippen LogP contribution in [0.25, 0.3) is 10.9 Å². The Morgan fingerprint density at radius 2 is 1.83 bits per heavy atom. The molecule has 4 bridgehead atoms. The Morgan fingerprint density at radius 3 is 2.51 bits per heavy atom. The number of esters is 1. The molecule has 3 amide bonds. The van der Waals surface area contributed by atoms with Crippen LogP contribution in [0.2, 0.25) is 5.02 Å². The van der Waals surface area contributed by atoms with Gasteiger partial charge in [0.2, 0.25) is 11.8 Å². The predicted octanol–water partition coefficient (Wildman–Crippen LogP) is 5.43. The Kier molecular flexibility index (Phi) is 17.3. The number of carbonyl (C=O) groups excluding carboxylic acids is 5. The van der Waals surface area contributed by atoms with Gasteiger partial charge in [-0.2, -0.15) is 0 Å². The highest BCUT2D eigenvalue weighted by Crippen LogP contribution is 2.49. The lowest BCUT2D eigenvalue weighted by Gasteiger charge is -2.42. The van der Waals surface area contributed by atoms with Gasteiger partial charge < -0.3 is 47.9 Å². The van der Waals surface area contributed by atoms with E-state index in [2.05, 4.69) is 10.2 Å². The molecule has 0 saturated carbocycles. The normalized spacial score (nSPS) is 27.2. The summed E-state index contributed by atoms with van der Waals surface area (Å²) in [7, 11) is 1.11. The van der Waals surface area contributed by atoms with Gasteiger partial charge >= 0.3 is 12.1 Å². The minimum Gasteiger partial charge on any atom is -0.748 e. The van der Waals surface area contributed by atoms with E-state index in [9.17, 15) is 42.0 Å². The fraction of sp³-hybridized carbons (Fsp3) is 0.549. The number of methoxy groups -OCH3 is 1. The molecule has 4 heterocycles. The number of halogens is 1. The highest BCUT2D eigenvalue weighted by molar-refractivity contribution is 7.85. The molecule has 71 heavy (non-hydrogen) atoms. The number of carbonyl (C=O) groups is 5. The fourth-order valence-electron chi connectivity index (χ4n) is 9.65. The summed E-state index contributed by atoms with van der Waals surface area (Å²) in [6, 6.07) is 12.0. The van der Waals surface area contributed by atoms with Crippen molar-refractivity contribution in [2.75, 3.05) is 45.5 Å². The number of para-hydroxylation sites is 1. The van der Waals surface area contributed by atoms with Crippen LogP contribution in [0, 0.1) is 18.8 Å². The number of nitrogens with zero attached hydrogens (tertiary/aromatic N) is 4. The number of aliphatic hydroxyl groups is 1. The Hall–Kier alpha value is -5.15. The van der Waals surface area contributed by atoms with Crippen molar-refractivity contribution in [3.63, 3.8) is 0 Å². The van der Waals surface area contributed by atoms with Gasteiger partial charge in [0.05, 0.1) is 45.0 Å². The Bertz CT molecular complexity index is 2690. The molecule has 2 saturated heterocycles. The van der Waals surface area contributed by atoms with Crippen molar-refractivity contribution in [1.29, 1.82) is 0 Å². The minimum atomic E-state index is -5.04. The first-order valence-corrected chi connectivity index (χ1v) is 25.7. The highest BCUT2D eigenvalue weighted by atomic mass is 35.5. The van der Waals surface area contributed by atoms with Gasteiger partial charge in [0.25, 0.3) is 0 Å². The zero-order valence-corrected chi connectivity index (χ0v) is 43.7. The van der Waals surface area contributed by atoms with Crippen LogP contribution in [-0.4, -0.2) is 144 Å². The van der Waals surface area contributed by atoms with Crippen LogP contribution in [0.3, 0.4) is 0 Å². The van der Waals surface area contributed by atoms with Crippen molar-refractivity contribution in [3.05, 3.63) is 88.1 Å². The number of fused-ring (bicyclic) bond motifs is 6. The van der Waals surface area contributed by atoms with E-state index in [1.165, 1.54) is 26.0 Å². The third-order valence-electron chi connectivity index (χ3n) is 14.2. The van der Waals surface area contributed by atoms with Crippen LogP contribution in [-0.2, 0) is 67.8 Å². The standard InChI is InChI=1S/C51H68ClN5O13S/c1-11-54(7)28-37-24-35-16-12-13-17-39(35)57(37)20-19-38(58)25-36(29-71(64,65)66)47(60)55(8)33(5)48(61)69-43-26-44(59)56(9)40-23-34(22-31(3)45(40)52)21-30(2)15-14-18-42(67-10)51(63)27-41(68-49(62)53-51)32(4)46-50(43,6)70-46/h12-18,22-24,32-33,36,41-43,46,63H,11,19-21,25-29H2,1-10H3,(H,53,62)(H,64,65,66)/p-1/b18-14+,30-15+/t32-,33+,36?,41+,42-,43+,46?,50+,51-/m1/s1. The van der Waals surface area contributed by atoms with E-state index < -0.39 is 112 Å². The number of Topliss-reactive ketones (excluding diaryl/α,β-unsaturated/α-hetero) is 1. The lowest BCUT2D eigenvalue weighted by Crippen LogP contribution is -2.63. The zero-order chi connectivity index (χ0) is 52.3. The summed E-state index contributed by atoms with van der Waals surface area (Å²) in [5.41, 5.74) is 1.43. The van der Waals surface area contributed by atoms with Crippen molar-refractivity contribution in [3.8, 4) is 0 Å². The topological polar surface area (TPSA) is 230 Å². The molecule has 18 nitrogen and oxygen atoms in total. The second-order valence-electron chi connectivity index (χ2n) is 19.6. The zero-order valence-electron chi connectivity index (χ0n) is 42.1. The molecular weight excluding hydrogens is 958 g/mol. The average Bonchev–Trinajstić information content (AvgIpc) is 3.88. The largest absolute Gasteiger partial charge is 0.748 e. The molecule has 0 aliphatic carbocycles. The summed E-state index contributed by atoms with van der Waals surface area (Å²) in [6.45, 7) is 12.1. The first kappa shape index (κ1) is 55.2. The molecule has 2 aromatic carbocycles. The maximum atomic E-state index is 14.4.